The molecule has 18 heavy (non-hydrogen) atoms. The summed E-state index contributed by atoms with van der Waals surface area (Å²) in [6, 6.07) is 0. The predicted molar refractivity (Wildman–Crippen MR) is 63.2 cm³/mol. The first-order valence-corrected chi connectivity index (χ1v) is 5.84. The molecule has 0 saturated carbocycles. The number of nitrogens with zero attached hydrogens (tertiary/aromatic N) is 3. The van der Waals surface area contributed by atoms with Crippen LogP contribution in [-0.4, -0.2) is 39.3 Å². The van der Waals surface area contributed by atoms with Crippen LogP contribution in [0.2, 0.25) is 0 Å². The van der Waals surface area contributed by atoms with Crippen LogP contribution in [-0.2, 0) is 9.47 Å². The fraction of sp³-hybridized carbons (Fsp3) is 0.545. The zero-order valence-corrected chi connectivity index (χ0v) is 10.00. The Bertz CT molecular complexity index is 606. The zero-order chi connectivity index (χ0) is 12.5. The highest BCUT2D eigenvalue weighted by Crippen LogP contribution is 2.29. The Balaban J connectivity index is 1.92. The smallest absolute Gasteiger partial charge is 0.300 e. The topological polar surface area (TPSA) is 82.0 Å². The van der Waals surface area contributed by atoms with Crippen LogP contribution < -0.4 is 5.56 Å². The fourth-order valence-corrected chi connectivity index (χ4v) is 2.29. The number of ether oxygens (including phenoxy) is 2. The number of methoxy groups -OCH3 is 1. The number of hydrogen-bond donors (Lipinski definition) is 1. The highest BCUT2D eigenvalue weighted by Gasteiger charge is 2.27. The first kappa shape index (κ1) is 11.4. The quantitative estimate of drug-likeness (QED) is 0.855. The minimum absolute atomic E-state index is 0.103. The molecular formula is C11H14N4O3. The van der Waals surface area contributed by atoms with Crippen molar-refractivity contribution >= 4 is 11.2 Å². The highest BCUT2D eigenvalue weighted by atomic mass is 16.5. The molecule has 0 aromatic carbocycles. The van der Waals surface area contributed by atoms with Crippen LogP contribution in [0.25, 0.3) is 11.2 Å². The van der Waals surface area contributed by atoms with E-state index >= 15 is 0 Å². The summed E-state index contributed by atoms with van der Waals surface area (Å²) in [4.78, 5) is 22.2. The lowest BCUT2D eigenvalue weighted by Crippen LogP contribution is -2.16. The third-order valence-corrected chi connectivity index (χ3v) is 3.13. The summed E-state index contributed by atoms with van der Waals surface area (Å²) >= 11 is 0. The molecule has 2 atom stereocenters. The van der Waals surface area contributed by atoms with Gasteiger partial charge in [0.2, 0.25) is 0 Å². The third kappa shape index (κ3) is 1.81. The molecule has 0 aliphatic carbocycles. The molecule has 96 valence electrons. The van der Waals surface area contributed by atoms with E-state index in [1.165, 1.54) is 6.33 Å². The Morgan fingerprint density at radius 3 is 3.28 bits per heavy atom. The number of fused-ring (bicyclic) bond motifs is 1. The van der Waals surface area contributed by atoms with E-state index in [4.69, 9.17) is 9.47 Å². The second-order valence-corrected chi connectivity index (χ2v) is 4.30. The van der Waals surface area contributed by atoms with Crippen LogP contribution in [0.1, 0.15) is 19.1 Å². The maximum atomic E-state index is 11.5. The Kier molecular flexibility index (Phi) is 2.85. The molecule has 1 fully saturated rings. The van der Waals surface area contributed by atoms with Gasteiger partial charge in [0.05, 0.1) is 25.4 Å². The lowest BCUT2D eigenvalue weighted by atomic mass is 10.2. The number of rotatable bonds is 3. The van der Waals surface area contributed by atoms with Crippen LogP contribution >= 0.6 is 0 Å². The molecule has 0 bridgehead atoms. The van der Waals surface area contributed by atoms with Gasteiger partial charge in [-0.3, -0.25) is 9.36 Å². The largest absolute Gasteiger partial charge is 0.382 e. The highest BCUT2D eigenvalue weighted by molar-refractivity contribution is 5.68. The molecule has 1 N–H and O–H groups in total. The van der Waals surface area contributed by atoms with E-state index in [9.17, 15) is 4.79 Å². The van der Waals surface area contributed by atoms with Crippen molar-refractivity contribution < 1.29 is 9.47 Å². The van der Waals surface area contributed by atoms with Gasteiger partial charge in [-0.05, 0) is 12.8 Å². The van der Waals surface area contributed by atoms with Crippen molar-refractivity contribution in [3.63, 3.8) is 0 Å². The van der Waals surface area contributed by atoms with Crippen molar-refractivity contribution in [3.05, 3.63) is 23.0 Å². The maximum Gasteiger partial charge on any atom is 0.300 e. The van der Waals surface area contributed by atoms with Gasteiger partial charge in [0.15, 0.2) is 5.52 Å². The Labute approximate surface area is 103 Å². The lowest BCUT2D eigenvalue weighted by molar-refractivity contribution is -0.0300. The Morgan fingerprint density at radius 2 is 2.44 bits per heavy atom. The van der Waals surface area contributed by atoms with Gasteiger partial charge >= 0.3 is 5.56 Å². The first-order chi connectivity index (χ1) is 8.79. The van der Waals surface area contributed by atoms with Crippen molar-refractivity contribution in [2.45, 2.75) is 25.2 Å². The van der Waals surface area contributed by atoms with Crippen molar-refractivity contribution in [1.82, 2.24) is 19.5 Å². The van der Waals surface area contributed by atoms with Crippen LogP contribution in [0.4, 0.5) is 0 Å². The summed E-state index contributed by atoms with van der Waals surface area (Å²) in [5.41, 5.74) is 0.670. The van der Waals surface area contributed by atoms with Gasteiger partial charge in [-0.15, -0.1) is 0 Å². The predicted octanol–water partition coefficient (Wildman–Crippen LogP) is 0.444. The number of imidazole rings is 1. The molecule has 3 rings (SSSR count). The molecule has 3 heterocycles. The van der Waals surface area contributed by atoms with Gasteiger partial charge in [0.1, 0.15) is 11.9 Å². The van der Waals surface area contributed by atoms with Gasteiger partial charge in [0.25, 0.3) is 0 Å². The van der Waals surface area contributed by atoms with E-state index in [0.717, 1.165) is 12.8 Å². The van der Waals surface area contributed by atoms with Crippen LogP contribution in [0.15, 0.2) is 17.4 Å². The normalized spacial score (nSPS) is 23.8. The first-order valence-electron chi connectivity index (χ1n) is 5.84. The molecule has 2 aromatic rings. The van der Waals surface area contributed by atoms with Crippen molar-refractivity contribution in [3.8, 4) is 0 Å². The molecule has 0 unspecified atom stereocenters. The molecule has 1 saturated heterocycles. The minimum atomic E-state index is -0.325. The molecule has 0 amide bonds. The summed E-state index contributed by atoms with van der Waals surface area (Å²) in [6.07, 6.45) is 4.81. The van der Waals surface area contributed by atoms with Gasteiger partial charge in [-0.2, -0.15) is 4.98 Å². The number of aromatic amines is 1. The third-order valence-electron chi connectivity index (χ3n) is 3.13. The van der Waals surface area contributed by atoms with Gasteiger partial charge < -0.3 is 14.5 Å². The monoisotopic (exact) mass is 250 g/mol. The summed E-state index contributed by atoms with van der Waals surface area (Å²) in [5.74, 6) is 0. The molecule has 2 aromatic heterocycles. The second kappa shape index (κ2) is 4.51. The number of hydrogen-bond acceptors (Lipinski definition) is 5. The van der Waals surface area contributed by atoms with Crippen LogP contribution in [0.3, 0.4) is 0 Å². The maximum absolute atomic E-state index is 11.5. The summed E-state index contributed by atoms with van der Waals surface area (Å²) in [7, 11) is 1.66. The van der Waals surface area contributed by atoms with Crippen LogP contribution in [0.5, 0.6) is 0 Å². The van der Waals surface area contributed by atoms with E-state index in [-0.39, 0.29) is 17.9 Å². The summed E-state index contributed by atoms with van der Waals surface area (Å²) < 4.78 is 12.8. The van der Waals surface area contributed by atoms with Crippen molar-refractivity contribution in [1.29, 1.82) is 0 Å². The number of H-pyrrole nitrogens is 1. The molecule has 1 aliphatic rings. The SMILES string of the molecule is COC[C@@H]1CC[C@H](n2cnc3c(=O)nc[nH]c32)O1. The molecule has 0 radical (unpaired) electrons. The van der Waals surface area contributed by atoms with E-state index in [1.807, 2.05) is 4.57 Å². The van der Waals surface area contributed by atoms with E-state index < -0.39 is 0 Å². The Hall–Kier alpha value is -1.73. The molecule has 1 aliphatic heterocycles. The van der Waals surface area contributed by atoms with E-state index in [0.29, 0.717) is 17.8 Å². The minimum Gasteiger partial charge on any atom is -0.382 e. The molecule has 7 heteroatoms. The number of aromatic nitrogens is 4. The standard InChI is InChI=1S/C11H14N4O3/c1-17-4-7-2-3-8(18-7)15-6-14-9-10(15)12-5-13-11(9)16/h5-8H,2-4H2,1H3,(H,12,13,16)/t7-,8+/m0/s1. The molecule has 7 nitrogen and oxygen atoms in total. The van der Waals surface area contributed by atoms with Gasteiger partial charge in [0, 0.05) is 7.11 Å². The molecular weight excluding hydrogens is 236 g/mol. The molecule has 0 spiro atoms. The lowest BCUT2D eigenvalue weighted by Gasteiger charge is -2.14. The average molecular weight is 250 g/mol. The van der Waals surface area contributed by atoms with Gasteiger partial charge in [-0.1, -0.05) is 0 Å². The van der Waals surface area contributed by atoms with Crippen molar-refractivity contribution in [2.75, 3.05) is 13.7 Å². The van der Waals surface area contributed by atoms with Crippen molar-refractivity contribution in [2.24, 2.45) is 0 Å². The van der Waals surface area contributed by atoms with E-state index in [1.54, 1.807) is 13.4 Å². The summed E-state index contributed by atoms with van der Waals surface area (Å²) in [5, 5.41) is 0. The summed E-state index contributed by atoms with van der Waals surface area (Å²) in [6.45, 7) is 0.585. The average Bonchev–Trinajstić information content (AvgIpc) is 2.96. The zero-order valence-electron chi connectivity index (χ0n) is 10.00. The number of nitrogens with one attached hydrogen (secondary N) is 1. The van der Waals surface area contributed by atoms with E-state index in [2.05, 4.69) is 15.0 Å². The second-order valence-electron chi connectivity index (χ2n) is 4.30. The Morgan fingerprint density at radius 1 is 1.56 bits per heavy atom. The fourth-order valence-electron chi connectivity index (χ4n) is 2.29. The van der Waals surface area contributed by atoms with Crippen LogP contribution in [0, 0.1) is 0 Å². The van der Waals surface area contributed by atoms with Gasteiger partial charge in [-0.25, -0.2) is 4.98 Å².